The zero-order valence-corrected chi connectivity index (χ0v) is 30.1. The van der Waals surface area contributed by atoms with E-state index in [1.807, 2.05) is 0 Å². The van der Waals surface area contributed by atoms with E-state index in [-0.39, 0.29) is 0 Å². The average Bonchev–Trinajstić information content (AvgIpc) is 3.67. The van der Waals surface area contributed by atoms with Crippen LogP contribution >= 0.6 is 0 Å². The Morgan fingerprint density at radius 1 is 0.373 bits per heavy atom. The highest BCUT2D eigenvalue weighted by Gasteiger charge is 2.26. The lowest BCUT2D eigenvalue weighted by atomic mass is 10.0. The van der Waals surface area contributed by atoms with Crippen molar-refractivity contribution >= 4 is 72.2 Å². The minimum absolute atomic E-state index is 1.15. The number of anilines is 6. The molecule has 51 heavy (non-hydrogen) atoms. The van der Waals surface area contributed by atoms with Gasteiger partial charge in [-0.05, 0) is 148 Å². The van der Waals surface area contributed by atoms with E-state index in [0.29, 0.717) is 0 Å². The second-order valence-corrected chi connectivity index (χ2v) is 14.1. The van der Waals surface area contributed by atoms with E-state index in [9.17, 15) is 0 Å². The largest absolute Gasteiger partial charge is 0.310 e. The van der Waals surface area contributed by atoms with Crippen LogP contribution in [0.15, 0.2) is 140 Å². The van der Waals surface area contributed by atoms with Crippen molar-refractivity contribution in [1.82, 2.24) is 4.40 Å². The van der Waals surface area contributed by atoms with E-state index < -0.39 is 0 Å². The van der Waals surface area contributed by atoms with Crippen molar-refractivity contribution < 1.29 is 0 Å². The highest BCUT2D eigenvalue weighted by Crippen LogP contribution is 2.49. The molecule has 2 heterocycles. The van der Waals surface area contributed by atoms with Gasteiger partial charge in [0.15, 0.2) is 0 Å². The van der Waals surface area contributed by atoms with Crippen molar-refractivity contribution in [3.63, 3.8) is 0 Å². The molecule has 0 atom stereocenters. The third kappa shape index (κ3) is 4.72. The number of fused-ring (bicyclic) bond motifs is 6. The van der Waals surface area contributed by atoms with Gasteiger partial charge in [0.25, 0.3) is 0 Å². The van der Waals surface area contributed by atoms with E-state index >= 15 is 0 Å². The number of aryl methyl sites for hydroxylation is 4. The summed E-state index contributed by atoms with van der Waals surface area (Å²) in [5, 5.41) is 5.04. The third-order valence-electron chi connectivity index (χ3n) is 11.2. The van der Waals surface area contributed by atoms with Crippen molar-refractivity contribution in [1.29, 1.82) is 0 Å². The summed E-state index contributed by atoms with van der Waals surface area (Å²) < 4.78 is 2.51. The first-order valence-corrected chi connectivity index (χ1v) is 17.9. The van der Waals surface area contributed by atoms with E-state index in [2.05, 4.69) is 195 Å². The Balaban J connectivity index is 1.36. The summed E-state index contributed by atoms with van der Waals surface area (Å²) in [5.41, 5.74) is 18.6. The van der Waals surface area contributed by atoms with Crippen LogP contribution in [0.4, 0.5) is 34.1 Å². The van der Waals surface area contributed by atoms with Crippen LogP contribution in [-0.4, -0.2) is 4.40 Å². The van der Waals surface area contributed by atoms with E-state index in [4.69, 9.17) is 0 Å². The third-order valence-corrected chi connectivity index (χ3v) is 11.2. The van der Waals surface area contributed by atoms with Crippen LogP contribution in [0.5, 0.6) is 0 Å². The minimum Gasteiger partial charge on any atom is -0.310 e. The Morgan fingerprint density at radius 3 is 1.14 bits per heavy atom. The summed E-state index contributed by atoms with van der Waals surface area (Å²) >= 11 is 0. The Labute approximate surface area is 300 Å². The van der Waals surface area contributed by atoms with Gasteiger partial charge in [-0.3, -0.25) is 0 Å². The van der Waals surface area contributed by atoms with Gasteiger partial charge in [-0.2, -0.15) is 0 Å². The predicted octanol–water partition coefficient (Wildman–Crippen LogP) is 13.6. The molecule has 3 nitrogen and oxygen atoms in total. The molecule has 0 saturated carbocycles. The lowest BCUT2D eigenvalue weighted by Gasteiger charge is -2.28. The topological polar surface area (TPSA) is 10.9 Å². The van der Waals surface area contributed by atoms with Gasteiger partial charge in [-0.1, -0.05) is 66.7 Å². The second-order valence-electron chi connectivity index (χ2n) is 14.1. The Morgan fingerprint density at radius 2 is 0.745 bits per heavy atom. The van der Waals surface area contributed by atoms with Gasteiger partial charge in [-0.15, -0.1) is 0 Å². The molecule has 7 aromatic carbocycles. The zero-order chi connectivity index (χ0) is 35.0. The summed E-state index contributed by atoms with van der Waals surface area (Å²) in [5.74, 6) is 0. The zero-order valence-electron chi connectivity index (χ0n) is 30.1. The van der Waals surface area contributed by atoms with Crippen molar-refractivity contribution in [3.05, 3.63) is 173 Å². The lowest BCUT2D eigenvalue weighted by molar-refractivity contribution is 1.22. The molecule has 0 aliphatic heterocycles. The van der Waals surface area contributed by atoms with Crippen LogP contribution in [0.1, 0.15) is 33.4 Å². The summed E-state index contributed by atoms with van der Waals surface area (Å²) in [6.07, 6.45) is 0. The monoisotopic (exact) mass is 659 g/mol. The first-order valence-electron chi connectivity index (χ1n) is 17.9. The van der Waals surface area contributed by atoms with Gasteiger partial charge in [0, 0.05) is 44.3 Å². The number of rotatable bonds is 6. The number of hydrogen-bond donors (Lipinski definition) is 0. The molecule has 0 spiro atoms. The van der Waals surface area contributed by atoms with Gasteiger partial charge < -0.3 is 14.2 Å². The van der Waals surface area contributed by atoms with E-state index in [0.717, 1.165) is 11.4 Å². The van der Waals surface area contributed by atoms with E-state index in [1.165, 1.54) is 94.2 Å². The molecule has 0 radical (unpaired) electrons. The van der Waals surface area contributed by atoms with Gasteiger partial charge >= 0.3 is 0 Å². The molecule has 9 aromatic rings. The molecule has 0 unspecified atom stereocenters. The van der Waals surface area contributed by atoms with Gasteiger partial charge in [-0.25, -0.2) is 0 Å². The molecular weight excluding hydrogens is 619 g/mol. The van der Waals surface area contributed by atoms with Crippen LogP contribution in [0, 0.1) is 41.5 Å². The Bertz CT molecular complexity index is 2520. The molecule has 0 aliphatic carbocycles. The maximum atomic E-state index is 2.51. The molecular formula is C48H41N3. The highest BCUT2D eigenvalue weighted by molar-refractivity contribution is 6.28. The fraction of sp³-hybridized carbons (Fsp3) is 0.125. The number of benzene rings is 7. The molecule has 0 bridgehead atoms. The lowest BCUT2D eigenvalue weighted by Crippen LogP contribution is -2.11. The van der Waals surface area contributed by atoms with E-state index in [1.54, 1.807) is 0 Å². The van der Waals surface area contributed by atoms with Crippen LogP contribution < -0.4 is 9.80 Å². The molecule has 0 fully saturated rings. The molecule has 9 rings (SSSR count). The molecule has 0 aliphatic rings. The summed E-state index contributed by atoms with van der Waals surface area (Å²) in [6, 6.07) is 51.4. The molecule has 3 heteroatoms. The van der Waals surface area contributed by atoms with Gasteiger partial charge in [0.05, 0.1) is 27.9 Å². The fourth-order valence-electron chi connectivity index (χ4n) is 8.20. The van der Waals surface area contributed by atoms with Crippen LogP contribution in [0.2, 0.25) is 0 Å². The first kappa shape index (κ1) is 31.0. The SMILES string of the molecule is Cc1cc(N(c2ccccc2)c2cccc3c2c2cccc4c5c(N(c6ccccc6)c6cc(C)c(C)c(C)c6)cccc5n3c24)cc(C)c1C. The van der Waals surface area contributed by atoms with Crippen LogP contribution in [0.3, 0.4) is 0 Å². The van der Waals surface area contributed by atoms with Crippen molar-refractivity contribution in [2.24, 2.45) is 0 Å². The smallest absolute Gasteiger partial charge is 0.0622 e. The Hall–Kier alpha value is -6.06. The Kier molecular flexibility index (Phi) is 7.15. The molecule has 248 valence electrons. The summed E-state index contributed by atoms with van der Waals surface area (Å²) in [7, 11) is 0. The predicted molar refractivity (Wildman–Crippen MR) is 219 cm³/mol. The first-order chi connectivity index (χ1) is 24.8. The molecule has 0 amide bonds. The average molecular weight is 660 g/mol. The number of nitrogens with zero attached hydrogens (tertiary/aromatic N) is 3. The maximum Gasteiger partial charge on any atom is 0.0622 e. The summed E-state index contributed by atoms with van der Waals surface area (Å²) in [4.78, 5) is 4.88. The van der Waals surface area contributed by atoms with Gasteiger partial charge in [0.1, 0.15) is 0 Å². The number of para-hydroxylation sites is 3. The van der Waals surface area contributed by atoms with Crippen molar-refractivity contribution in [3.8, 4) is 0 Å². The van der Waals surface area contributed by atoms with Crippen LogP contribution in [0.25, 0.3) is 38.1 Å². The number of aromatic nitrogens is 1. The molecule has 0 N–H and O–H groups in total. The quantitative estimate of drug-likeness (QED) is 0.176. The van der Waals surface area contributed by atoms with Crippen LogP contribution in [-0.2, 0) is 0 Å². The number of hydrogen-bond acceptors (Lipinski definition) is 2. The maximum absolute atomic E-state index is 2.51. The molecule has 0 saturated heterocycles. The summed E-state index contributed by atoms with van der Waals surface area (Å²) in [6.45, 7) is 13.3. The van der Waals surface area contributed by atoms with Gasteiger partial charge in [0.2, 0.25) is 0 Å². The normalized spacial score (nSPS) is 11.7. The second kappa shape index (κ2) is 11.8. The minimum atomic E-state index is 1.15. The van der Waals surface area contributed by atoms with Crippen molar-refractivity contribution in [2.45, 2.75) is 41.5 Å². The fourth-order valence-corrected chi connectivity index (χ4v) is 8.20. The van der Waals surface area contributed by atoms with Crippen molar-refractivity contribution in [2.75, 3.05) is 9.80 Å². The standard InChI is InChI=1S/C48H41N3/c1-30-26-38(27-31(2)34(30)5)49(36-16-9-7-10-17-36)42-22-14-24-44-46(42)40-20-13-21-41-47-43(23-15-25-45(47)51(44)48(40)41)50(37-18-11-8-12-19-37)39-28-32(3)35(6)33(4)29-39/h7-29H,1-6H3. The molecule has 2 aromatic heterocycles. The highest BCUT2D eigenvalue weighted by atomic mass is 15.2.